The maximum absolute atomic E-state index is 13.1. The van der Waals surface area contributed by atoms with Gasteiger partial charge in [-0.3, -0.25) is 4.79 Å². The first-order valence-corrected chi connectivity index (χ1v) is 9.95. The normalized spacial score (nSPS) is 12.0. The molecule has 0 saturated heterocycles. The molecule has 1 N–H and O–H groups in total. The van der Waals surface area contributed by atoms with Crippen LogP contribution in [0, 0.1) is 0 Å². The molecule has 3 rings (SSSR count). The number of hydrogen-bond donors (Lipinski definition) is 1. The molecule has 0 aliphatic heterocycles. The van der Waals surface area contributed by atoms with Crippen molar-refractivity contribution in [3.63, 3.8) is 0 Å². The first kappa shape index (κ1) is 18.3. The van der Waals surface area contributed by atoms with E-state index >= 15 is 0 Å². The number of thioether (sulfide) groups is 1. The molecule has 0 heterocycles. The molecule has 0 aromatic heterocycles. The zero-order chi connectivity index (χ0) is 18.4. The van der Waals surface area contributed by atoms with Crippen molar-refractivity contribution in [3.05, 3.63) is 102 Å². The Hall–Kier alpha value is -2.52. The van der Waals surface area contributed by atoms with Gasteiger partial charge in [-0.2, -0.15) is 0 Å². The Kier molecular flexibility index (Phi) is 6.13. The minimum absolute atomic E-state index is 0.0174. The van der Waals surface area contributed by atoms with Gasteiger partial charge in [0.15, 0.2) is 0 Å². The summed E-state index contributed by atoms with van der Waals surface area (Å²) in [6.45, 7) is 2.03. The summed E-state index contributed by atoms with van der Waals surface area (Å²) in [5, 5.41) is 3.18. The highest BCUT2D eigenvalue weighted by Crippen LogP contribution is 2.26. The predicted molar refractivity (Wildman–Crippen MR) is 110 cm³/mol. The Bertz CT molecular complexity index is 792. The maximum atomic E-state index is 13.1. The lowest BCUT2D eigenvalue weighted by molar-refractivity contribution is -0.122. The summed E-state index contributed by atoms with van der Waals surface area (Å²) in [6, 6.07) is 28.2. The fourth-order valence-electron chi connectivity index (χ4n) is 3.06. The van der Waals surface area contributed by atoms with Crippen LogP contribution in [-0.2, 0) is 4.79 Å². The van der Waals surface area contributed by atoms with E-state index in [1.54, 1.807) is 11.8 Å². The summed E-state index contributed by atoms with van der Waals surface area (Å²) in [5.74, 6) is -0.297. The van der Waals surface area contributed by atoms with Crippen LogP contribution in [0.1, 0.15) is 35.6 Å². The molecule has 0 bridgehead atoms. The molecule has 0 aliphatic carbocycles. The van der Waals surface area contributed by atoms with Crippen LogP contribution in [0.15, 0.2) is 89.8 Å². The summed E-state index contributed by atoms with van der Waals surface area (Å²) < 4.78 is 0. The first-order valence-electron chi connectivity index (χ1n) is 8.73. The highest BCUT2D eigenvalue weighted by atomic mass is 32.2. The Morgan fingerprint density at radius 2 is 1.27 bits per heavy atom. The fraction of sp³-hybridized carbons (Fsp3) is 0.174. The molecule has 0 unspecified atom stereocenters. The van der Waals surface area contributed by atoms with Gasteiger partial charge in [0.25, 0.3) is 0 Å². The van der Waals surface area contributed by atoms with Gasteiger partial charge in [-0.25, -0.2) is 0 Å². The average Bonchev–Trinajstić information content (AvgIpc) is 2.70. The van der Waals surface area contributed by atoms with Crippen molar-refractivity contribution in [1.82, 2.24) is 5.32 Å². The highest BCUT2D eigenvalue weighted by Gasteiger charge is 2.24. The molecule has 1 atom stereocenters. The Balaban J connectivity index is 1.83. The van der Waals surface area contributed by atoms with Gasteiger partial charge in [0.05, 0.1) is 12.0 Å². The lowest BCUT2D eigenvalue weighted by Crippen LogP contribution is -2.32. The SMILES string of the molecule is CSc1ccc([C@@H](C)NC(=O)C(c2ccccc2)c2ccccc2)cc1. The molecule has 0 saturated carbocycles. The van der Waals surface area contributed by atoms with E-state index in [1.165, 1.54) is 4.90 Å². The van der Waals surface area contributed by atoms with Gasteiger partial charge in [0.2, 0.25) is 5.91 Å². The molecule has 2 nitrogen and oxygen atoms in total. The highest BCUT2D eigenvalue weighted by molar-refractivity contribution is 7.98. The smallest absolute Gasteiger partial charge is 0.232 e. The van der Waals surface area contributed by atoms with Crippen molar-refractivity contribution in [2.45, 2.75) is 23.8 Å². The minimum atomic E-state index is -0.315. The van der Waals surface area contributed by atoms with Gasteiger partial charge in [-0.1, -0.05) is 72.8 Å². The van der Waals surface area contributed by atoms with E-state index in [2.05, 4.69) is 35.8 Å². The summed E-state index contributed by atoms with van der Waals surface area (Å²) in [5.41, 5.74) is 3.11. The van der Waals surface area contributed by atoms with Gasteiger partial charge < -0.3 is 5.32 Å². The van der Waals surface area contributed by atoms with E-state index < -0.39 is 0 Å². The lowest BCUT2D eigenvalue weighted by Gasteiger charge is -2.21. The van der Waals surface area contributed by atoms with Crippen LogP contribution in [0.2, 0.25) is 0 Å². The zero-order valence-corrected chi connectivity index (χ0v) is 15.9. The van der Waals surface area contributed by atoms with E-state index in [0.29, 0.717) is 0 Å². The van der Waals surface area contributed by atoms with E-state index in [4.69, 9.17) is 0 Å². The zero-order valence-electron chi connectivity index (χ0n) is 15.1. The maximum Gasteiger partial charge on any atom is 0.232 e. The largest absolute Gasteiger partial charge is 0.349 e. The topological polar surface area (TPSA) is 29.1 Å². The monoisotopic (exact) mass is 361 g/mol. The van der Waals surface area contributed by atoms with Crippen LogP contribution >= 0.6 is 11.8 Å². The number of carbonyl (C=O) groups excluding carboxylic acids is 1. The molecule has 132 valence electrons. The lowest BCUT2D eigenvalue weighted by atomic mass is 9.90. The van der Waals surface area contributed by atoms with Crippen LogP contribution in [-0.4, -0.2) is 12.2 Å². The number of benzene rings is 3. The second-order valence-corrected chi connectivity index (χ2v) is 7.14. The van der Waals surface area contributed by atoms with Crippen molar-refractivity contribution in [2.24, 2.45) is 0 Å². The fourth-order valence-corrected chi connectivity index (χ4v) is 3.47. The molecule has 1 amide bonds. The quantitative estimate of drug-likeness (QED) is 0.594. The van der Waals surface area contributed by atoms with Crippen LogP contribution in [0.25, 0.3) is 0 Å². The molecule has 3 aromatic carbocycles. The predicted octanol–water partition coefficient (Wildman–Crippen LogP) is 5.42. The molecule has 0 aliphatic rings. The van der Waals surface area contributed by atoms with Crippen LogP contribution in [0.3, 0.4) is 0 Å². The Morgan fingerprint density at radius 3 is 1.73 bits per heavy atom. The Labute approximate surface area is 159 Å². The first-order chi connectivity index (χ1) is 12.7. The third-order valence-electron chi connectivity index (χ3n) is 4.50. The standard InChI is InChI=1S/C23H23NOS/c1-17(18-13-15-21(26-2)16-14-18)24-23(25)22(19-9-5-3-6-10-19)20-11-7-4-8-12-20/h3-17,22H,1-2H3,(H,24,25)/t17-/m1/s1. The van der Waals surface area contributed by atoms with Gasteiger partial charge >= 0.3 is 0 Å². The van der Waals surface area contributed by atoms with Crippen molar-refractivity contribution < 1.29 is 4.79 Å². The van der Waals surface area contributed by atoms with E-state index in [0.717, 1.165) is 16.7 Å². The Morgan fingerprint density at radius 1 is 0.769 bits per heavy atom. The summed E-state index contributed by atoms with van der Waals surface area (Å²) >= 11 is 1.72. The molecular formula is C23H23NOS. The summed E-state index contributed by atoms with van der Waals surface area (Å²) in [6.07, 6.45) is 2.06. The van der Waals surface area contributed by atoms with Crippen LogP contribution in [0.4, 0.5) is 0 Å². The molecule has 26 heavy (non-hydrogen) atoms. The van der Waals surface area contributed by atoms with Gasteiger partial charge in [0.1, 0.15) is 0 Å². The van der Waals surface area contributed by atoms with Gasteiger partial charge in [0, 0.05) is 4.90 Å². The van der Waals surface area contributed by atoms with E-state index in [-0.39, 0.29) is 17.9 Å². The minimum Gasteiger partial charge on any atom is -0.349 e. The third-order valence-corrected chi connectivity index (χ3v) is 5.25. The second-order valence-electron chi connectivity index (χ2n) is 6.26. The van der Waals surface area contributed by atoms with Crippen LogP contribution in [0.5, 0.6) is 0 Å². The van der Waals surface area contributed by atoms with Crippen molar-refractivity contribution in [1.29, 1.82) is 0 Å². The average molecular weight is 362 g/mol. The molecule has 3 heteroatoms. The second kappa shape index (κ2) is 8.72. The van der Waals surface area contributed by atoms with E-state index in [1.807, 2.05) is 67.6 Å². The van der Waals surface area contributed by atoms with Crippen molar-refractivity contribution in [2.75, 3.05) is 6.26 Å². The number of carbonyl (C=O) groups is 1. The number of amides is 1. The number of hydrogen-bond acceptors (Lipinski definition) is 2. The van der Waals surface area contributed by atoms with Gasteiger partial charge in [-0.15, -0.1) is 11.8 Å². The van der Waals surface area contributed by atoms with Crippen molar-refractivity contribution >= 4 is 17.7 Å². The molecule has 3 aromatic rings. The van der Waals surface area contributed by atoms with Crippen LogP contribution < -0.4 is 5.32 Å². The third kappa shape index (κ3) is 4.36. The molecule has 0 radical (unpaired) electrons. The summed E-state index contributed by atoms with van der Waals surface area (Å²) in [7, 11) is 0. The number of rotatable bonds is 6. The number of nitrogens with one attached hydrogen (secondary N) is 1. The van der Waals surface area contributed by atoms with E-state index in [9.17, 15) is 4.79 Å². The molecule has 0 spiro atoms. The van der Waals surface area contributed by atoms with Crippen molar-refractivity contribution in [3.8, 4) is 0 Å². The van der Waals surface area contributed by atoms with Gasteiger partial charge in [-0.05, 0) is 42.0 Å². The summed E-state index contributed by atoms with van der Waals surface area (Å²) in [4.78, 5) is 14.4. The molecule has 0 fully saturated rings. The molecular weight excluding hydrogens is 338 g/mol.